The van der Waals surface area contributed by atoms with E-state index in [0.29, 0.717) is 18.1 Å². The summed E-state index contributed by atoms with van der Waals surface area (Å²) in [5.41, 5.74) is 5.48. The fraction of sp³-hybridized carbons (Fsp3) is 0.625. The van der Waals surface area contributed by atoms with Gasteiger partial charge in [0.15, 0.2) is 0 Å². The Hall–Kier alpha value is -0.860. The first-order valence-electron chi connectivity index (χ1n) is 6.91. The van der Waals surface area contributed by atoms with Gasteiger partial charge in [0.05, 0.1) is 12.1 Å². The molecule has 0 amide bonds. The van der Waals surface area contributed by atoms with Crippen LogP contribution in [0.15, 0.2) is 12.1 Å². The Balaban J connectivity index is 2.35. The molecule has 1 N–H and O–H groups in total. The minimum Gasteiger partial charge on any atom is -0.376 e. The fourth-order valence-corrected chi connectivity index (χ4v) is 2.96. The summed E-state index contributed by atoms with van der Waals surface area (Å²) in [4.78, 5) is 0. The molecule has 18 heavy (non-hydrogen) atoms. The first-order valence-corrected chi connectivity index (χ1v) is 6.91. The third kappa shape index (κ3) is 2.45. The number of likely N-dealkylation sites (N-methyl/N-ethyl adjacent to an activating group) is 1. The van der Waals surface area contributed by atoms with E-state index in [0.717, 1.165) is 6.61 Å². The highest BCUT2D eigenvalue weighted by Gasteiger charge is 2.32. The van der Waals surface area contributed by atoms with Crippen molar-refractivity contribution in [1.29, 1.82) is 0 Å². The van der Waals surface area contributed by atoms with Crippen molar-refractivity contribution in [1.82, 2.24) is 5.32 Å². The molecule has 1 saturated heterocycles. The molecule has 0 aromatic heterocycles. The summed E-state index contributed by atoms with van der Waals surface area (Å²) in [6.07, 6.45) is 1.48. The summed E-state index contributed by atoms with van der Waals surface area (Å²) in [6, 6.07) is 4.91. The number of nitrogens with one attached hydrogen (secondary N) is 1. The molecule has 0 aliphatic carbocycles. The van der Waals surface area contributed by atoms with E-state index < -0.39 is 0 Å². The minimum atomic E-state index is 0.302. The van der Waals surface area contributed by atoms with Gasteiger partial charge < -0.3 is 10.1 Å². The van der Waals surface area contributed by atoms with Crippen LogP contribution < -0.4 is 5.32 Å². The van der Waals surface area contributed by atoms with Crippen molar-refractivity contribution in [3.8, 4) is 0 Å². The van der Waals surface area contributed by atoms with E-state index in [9.17, 15) is 0 Å². The summed E-state index contributed by atoms with van der Waals surface area (Å²) in [5.74, 6) is 0.628. The Bertz CT molecular complexity index is 427. The SMILES string of the molecule is CNC(c1cc(C)c(C)cc1C)C1OCCC1C. The van der Waals surface area contributed by atoms with Gasteiger partial charge in [-0.2, -0.15) is 0 Å². The van der Waals surface area contributed by atoms with Crippen LogP contribution in [0.2, 0.25) is 0 Å². The first kappa shape index (κ1) is 13.6. The van der Waals surface area contributed by atoms with Crippen molar-refractivity contribution in [2.75, 3.05) is 13.7 Å². The zero-order valence-corrected chi connectivity index (χ0v) is 12.2. The lowest BCUT2D eigenvalue weighted by Crippen LogP contribution is -2.33. The van der Waals surface area contributed by atoms with E-state index in [1.807, 2.05) is 7.05 Å². The van der Waals surface area contributed by atoms with E-state index in [1.165, 1.54) is 28.7 Å². The third-order valence-corrected chi connectivity index (χ3v) is 4.30. The van der Waals surface area contributed by atoms with Crippen LogP contribution in [0.25, 0.3) is 0 Å². The maximum Gasteiger partial charge on any atom is 0.0795 e. The lowest BCUT2D eigenvalue weighted by Gasteiger charge is -2.28. The number of rotatable bonds is 3. The van der Waals surface area contributed by atoms with Gasteiger partial charge in [-0.05, 0) is 62.4 Å². The lowest BCUT2D eigenvalue weighted by molar-refractivity contribution is 0.0629. The summed E-state index contributed by atoms with van der Waals surface area (Å²) in [5, 5.41) is 3.45. The van der Waals surface area contributed by atoms with E-state index >= 15 is 0 Å². The van der Waals surface area contributed by atoms with Crippen molar-refractivity contribution in [3.05, 3.63) is 34.4 Å². The van der Waals surface area contributed by atoms with Gasteiger partial charge in [0.25, 0.3) is 0 Å². The number of ether oxygens (including phenoxy) is 1. The van der Waals surface area contributed by atoms with Crippen molar-refractivity contribution < 1.29 is 4.74 Å². The van der Waals surface area contributed by atoms with Crippen molar-refractivity contribution in [2.45, 2.75) is 46.3 Å². The summed E-state index contributed by atoms with van der Waals surface area (Å²) in [6.45, 7) is 9.75. The van der Waals surface area contributed by atoms with Crippen LogP contribution in [-0.4, -0.2) is 19.8 Å². The third-order valence-electron chi connectivity index (χ3n) is 4.30. The summed E-state index contributed by atoms with van der Waals surface area (Å²) >= 11 is 0. The fourth-order valence-electron chi connectivity index (χ4n) is 2.96. The van der Waals surface area contributed by atoms with Crippen LogP contribution in [0.3, 0.4) is 0 Å². The Labute approximate surface area is 111 Å². The van der Waals surface area contributed by atoms with Gasteiger partial charge in [-0.1, -0.05) is 19.1 Å². The molecule has 0 saturated carbocycles. The molecule has 0 spiro atoms. The number of aryl methyl sites for hydroxylation is 3. The lowest BCUT2D eigenvalue weighted by atomic mass is 9.88. The molecule has 2 nitrogen and oxygen atoms in total. The van der Waals surface area contributed by atoms with Crippen molar-refractivity contribution in [2.24, 2.45) is 5.92 Å². The molecule has 0 bridgehead atoms. The van der Waals surface area contributed by atoms with E-state index in [-0.39, 0.29) is 0 Å². The molecule has 100 valence electrons. The van der Waals surface area contributed by atoms with Crippen LogP contribution in [0.5, 0.6) is 0 Å². The predicted octanol–water partition coefficient (Wildman–Crippen LogP) is 3.30. The van der Waals surface area contributed by atoms with Gasteiger partial charge in [-0.25, -0.2) is 0 Å². The molecule has 3 unspecified atom stereocenters. The zero-order valence-electron chi connectivity index (χ0n) is 12.2. The number of benzene rings is 1. The minimum absolute atomic E-state index is 0.302. The smallest absolute Gasteiger partial charge is 0.0795 e. The quantitative estimate of drug-likeness (QED) is 0.885. The molecular weight excluding hydrogens is 222 g/mol. The van der Waals surface area contributed by atoms with Gasteiger partial charge in [0, 0.05) is 6.61 Å². The predicted molar refractivity (Wildman–Crippen MR) is 76.0 cm³/mol. The number of hydrogen-bond donors (Lipinski definition) is 1. The van der Waals surface area contributed by atoms with Gasteiger partial charge >= 0.3 is 0 Å². The maximum atomic E-state index is 5.94. The van der Waals surface area contributed by atoms with Crippen LogP contribution >= 0.6 is 0 Å². The largest absolute Gasteiger partial charge is 0.376 e. The van der Waals surface area contributed by atoms with Crippen molar-refractivity contribution in [3.63, 3.8) is 0 Å². The van der Waals surface area contributed by atoms with Crippen LogP contribution in [0, 0.1) is 26.7 Å². The topological polar surface area (TPSA) is 21.3 Å². The molecule has 0 radical (unpaired) electrons. The summed E-state index contributed by atoms with van der Waals surface area (Å²) < 4.78 is 5.94. The Morgan fingerprint density at radius 1 is 1.17 bits per heavy atom. The average Bonchev–Trinajstić information content (AvgIpc) is 2.73. The highest BCUT2D eigenvalue weighted by Crippen LogP contribution is 2.33. The summed E-state index contributed by atoms with van der Waals surface area (Å²) in [7, 11) is 2.04. The number of hydrogen-bond acceptors (Lipinski definition) is 2. The molecular formula is C16H25NO. The molecule has 1 aliphatic rings. The highest BCUT2D eigenvalue weighted by molar-refractivity contribution is 5.38. The molecule has 2 heteroatoms. The van der Waals surface area contributed by atoms with E-state index in [1.54, 1.807) is 0 Å². The van der Waals surface area contributed by atoms with Crippen LogP contribution in [0.1, 0.15) is 41.6 Å². The first-order chi connectivity index (χ1) is 8.54. The molecule has 1 aromatic rings. The standard InChI is InChI=1S/C16H25NO/c1-10-6-7-18-16(10)15(17-5)14-9-12(3)11(2)8-13(14)4/h8-10,15-17H,6-7H2,1-5H3. The zero-order chi connectivity index (χ0) is 13.3. The second-order valence-electron chi connectivity index (χ2n) is 5.66. The second kappa shape index (κ2) is 5.41. The van der Waals surface area contributed by atoms with E-state index in [2.05, 4.69) is 45.1 Å². The highest BCUT2D eigenvalue weighted by atomic mass is 16.5. The normalized spacial score (nSPS) is 25.4. The Morgan fingerprint density at radius 3 is 2.39 bits per heavy atom. The molecule has 2 rings (SSSR count). The monoisotopic (exact) mass is 247 g/mol. The molecule has 1 fully saturated rings. The molecule has 1 aromatic carbocycles. The van der Waals surface area contributed by atoms with Crippen molar-refractivity contribution >= 4 is 0 Å². The maximum absolute atomic E-state index is 5.94. The Kier molecular flexibility index (Phi) is 4.08. The van der Waals surface area contributed by atoms with Gasteiger partial charge in [0.1, 0.15) is 0 Å². The van der Waals surface area contributed by atoms with E-state index in [4.69, 9.17) is 4.74 Å². The van der Waals surface area contributed by atoms with Crippen LogP contribution in [0.4, 0.5) is 0 Å². The van der Waals surface area contributed by atoms with Gasteiger partial charge in [0.2, 0.25) is 0 Å². The molecule has 1 heterocycles. The van der Waals surface area contributed by atoms with Gasteiger partial charge in [-0.3, -0.25) is 0 Å². The van der Waals surface area contributed by atoms with Crippen LogP contribution in [-0.2, 0) is 4.74 Å². The average molecular weight is 247 g/mol. The Morgan fingerprint density at radius 2 is 1.83 bits per heavy atom. The second-order valence-corrected chi connectivity index (χ2v) is 5.66. The molecule has 3 atom stereocenters. The molecule has 1 aliphatic heterocycles. The van der Waals surface area contributed by atoms with Gasteiger partial charge in [-0.15, -0.1) is 0 Å².